The quantitative estimate of drug-likeness (QED) is 0.784. The summed E-state index contributed by atoms with van der Waals surface area (Å²) < 4.78 is 0. The molecule has 20 heavy (non-hydrogen) atoms. The summed E-state index contributed by atoms with van der Waals surface area (Å²) in [5, 5.41) is 0. The average molecular weight is 281 g/mol. The Morgan fingerprint density at radius 3 is 2.20 bits per heavy atom. The van der Waals surface area contributed by atoms with Crippen LogP contribution < -0.4 is 0 Å². The van der Waals surface area contributed by atoms with Crippen LogP contribution in [0.2, 0.25) is 0 Å². The lowest BCUT2D eigenvalue weighted by atomic mass is 9.85. The van der Waals surface area contributed by atoms with Gasteiger partial charge in [0.1, 0.15) is 0 Å². The van der Waals surface area contributed by atoms with Crippen LogP contribution in [0.15, 0.2) is 0 Å². The largest absolute Gasteiger partial charge is 0.343 e. The van der Waals surface area contributed by atoms with Crippen LogP contribution in [-0.2, 0) is 4.79 Å². The summed E-state index contributed by atoms with van der Waals surface area (Å²) in [4.78, 5) is 18.4. The second-order valence-electron chi connectivity index (χ2n) is 6.97. The summed E-state index contributed by atoms with van der Waals surface area (Å²) in [6.07, 6.45) is 6.25. The van der Waals surface area contributed by atoms with Crippen molar-refractivity contribution in [2.75, 3.05) is 40.8 Å². The molecule has 0 aromatic carbocycles. The molecule has 1 saturated heterocycles. The van der Waals surface area contributed by atoms with Gasteiger partial charge in [-0.25, -0.2) is 0 Å². The number of rotatable bonds is 4. The highest BCUT2D eigenvalue weighted by Gasteiger charge is 2.29. The molecule has 2 aliphatic rings. The lowest BCUT2D eigenvalue weighted by molar-refractivity contribution is -0.130. The van der Waals surface area contributed by atoms with Gasteiger partial charge in [0.15, 0.2) is 0 Å². The first-order chi connectivity index (χ1) is 9.47. The van der Waals surface area contributed by atoms with Gasteiger partial charge in [0.05, 0.1) is 0 Å². The van der Waals surface area contributed by atoms with E-state index in [1.54, 1.807) is 6.92 Å². The molecule has 1 atom stereocenters. The van der Waals surface area contributed by atoms with Crippen molar-refractivity contribution in [3.05, 3.63) is 0 Å². The van der Waals surface area contributed by atoms with Crippen LogP contribution >= 0.6 is 0 Å². The van der Waals surface area contributed by atoms with Gasteiger partial charge in [-0.1, -0.05) is 0 Å². The Morgan fingerprint density at radius 2 is 1.70 bits per heavy atom. The number of nitrogens with zero attached hydrogens (tertiary/aromatic N) is 3. The molecule has 1 saturated carbocycles. The molecule has 1 amide bonds. The molecule has 2 fully saturated rings. The Balaban J connectivity index is 1.71. The molecule has 2 rings (SSSR count). The lowest BCUT2D eigenvalue weighted by Crippen LogP contribution is -2.40. The standard InChI is InChI=1S/C16H31N3O/c1-13(20)18(4)15-7-5-14(6-8-15)11-19-10-9-16(12-19)17(2)3/h14-16H,5-12H2,1-4H3. The monoisotopic (exact) mass is 281 g/mol. The number of likely N-dealkylation sites (N-methyl/N-ethyl adjacent to an activating group) is 1. The fraction of sp³-hybridized carbons (Fsp3) is 0.938. The Hall–Kier alpha value is -0.610. The summed E-state index contributed by atoms with van der Waals surface area (Å²) in [5.74, 6) is 1.05. The summed E-state index contributed by atoms with van der Waals surface area (Å²) in [6, 6.07) is 1.23. The van der Waals surface area contributed by atoms with E-state index in [1.807, 2.05) is 11.9 Å². The van der Waals surface area contributed by atoms with E-state index in [1.165, 1.54) is 51.7 Å². The fourth-order valence-corrected chi connectivity index (χ4v) is 3.74. The van der Waals surface area contributed by atoms with E-state index in [4.69, 9.17) is 0 Å². The van der Waals surface area contributed by atoms with Crippen molar-refractivity contribution in [1.29, 1.82) is 0 Å². The minimum atomic E-state index is 0.210. The maximum Gasteiger partial charge on any atom is 0.219 e. The highest BCUT2D eigenvalue weighted by molar-refractivity contribution is 5.73. The minimum Gasteiger partial charge on any atom is -0.343 e. The van der Waals surface area contributed by atoms with E-state index >= 15 is 0 Å². The highest BCUT2D eigenvalue weighted by atomic mass is 16.2. The van der Waals surface area contributed by atoms with E-state index in [-0.39, 0.29) is 5.91 Å². The Kier molecular flexibility index (Phi) is 5.44. The molecule has 116 valence electrons. The lowest BCUT2D eigenvalue weighted by Gasteiger charge is -2.35. The molecule has 1 unspecified atom stereocenters. The van der Waals surface area contributed by atoms with Crippen molar-refractivity contribution >= 4 is 5.91 Å². The first-order valence-electron chi connectivity index (χ1n) is 8.09. The van der Waals surface area contributed by atoms with Crippen molar-refractivity contribution in [2.45, 2.75) is 51.1 Å². The van der Waals surface area contributed by atoms with Crippen molar-refractivity contribution in [3.63, 3.8) is 0 Å². The maximum absolute atomic E-state index is 11.4. The van der Waals surface area contributed by atoms with Crippen molar-refractivity contribution in [1.82, 2.24) is 14.7 Å². The third-order valence-electron chi connectivity index (χ3n) is 5.35. The molecule has 4 nitrogen and oxygen atoms in total. The summed E-state index contributed by atoms with van der Waals surface area (Å²) in [6.45, 7) is 5.44. The number of amides is 1. The highest BCUT2D eigenvalue weighted by Crippen LogP contribution is 2.29. The topological polar surface area (TPSA) is 26.8 Å². The van der Waals surface area contributed by atoms with Crippen LogP contribution in [0, 0.1) is 5.92 Å². The van der Waals surface area contributed by atoms with Gasteiger partial charge < -0.3 is 14.7 Å². The molecule has 1 aliphatic carbocycles. The maximum atomic E-state index is 11.4. The van der Waals surface area contributed by atoms with Crippen molar-refractivity contribution in [3.8, 4) is 0 Å². The van der Waals surface area contributed by atoms with Gasteiger partial charge in [0.2, 0.25) is 5.91 Å². The second-order valence-corrected chi connectivity index (χ2v) is 6.97. The molecular formula is C16H31N3O. The van der Waals surface area contributed by atoms with E-state index in [0.29, 0.717) is 6.04 Å². The average Bonchev–Trinajstić information content (AvgIpc) is 2.87. The van der Waals surface area contributed by atoms with E-state index in [9.17, 15) is 4.79 Å². The van der Waals surface area contributed by atoms with Crippen LogP contribution in [-0.4, -0.2) is 73.5 Å². The molecule has 0 N–H and O–H groups in total. The van der Waals surface area contributed by atoms with E-state index in [0.717, 1.165) is 12.0 Å². The fourth-order valence-electron chi connectivity index (χ4n) is 3.74. The number of carbonyl (C=O) groups is 1. The molecule has 0 spiro atoms. The summed E-state index contributed by atoms with van der Waals surface area (Å²) in [5.41, 5.74) is 0. The van der Waals surface area contributed by atoms with Crippen LogP contribution in [0.25, 0.3) is 0 Å². The first kappa shape index (κ1) is 15.8. The molecule has 0 aromatic heterocycles. The van der Waals surface area contributed by atoms with Crippen molar-refractivity contribution < 1.29 is 4.79 Å². The number of carbonyl (C=O) groups excluding carboxylic acids is 1. The molecule has 0 aromatic rings. The molecule has 0 radical (unpaired) electrons. The molecule has 4 heteroatoms. The Morgan fingerprint density at radius 1 is 1.05 bits per heavy atom. The normalized spacial score (nSPS) is 31.8. The Bertz CT molecular complexity index is 324. The third-order valence-corrected chi connectivity index (χ3v) is 5.35. The van der Waals surface area contributed by atoms with Gasteiger partial charge >= 0.3 is 0 Å². The van der Waals surface area contributed by atoms with Gasteiger partial charge in [0, 0.05) is 39.1 Å². The minimum absolute atomic E-state index is 0.210. The van der Waals surface area contributed by atoms with Gasteiger partial charge in [-0.05, 0) is 58.7 Å². The smallest absolute Gasteiger partial charge is 0.219 e. The zero-order valence-electron chi connectivity index (χ0n) is 13.6. The van der Waals surface area contributed by atoms with Crippen LogP contribution in [0.4, 0.5) is 0 Å². The molecule has 0 bridgehead atoms. The van der Waals surface area contributed by atoms with Crippen LogP contribution in [0.1, 0.15) is 39.0 Å². The van der Waals surface area contributed by atoms with Gasteiger partial charge in [-0.2, -0.15) is 0 Å². The predicted octanol–water partition coefficient (Wildman–Crippen LogP) is 1.66. The summed E-state index contributed by atoms with van der Waals surface area (Å²) >= 11 is 0. The SMILES string of the molecule is CC(=O)N(C)C1CCC(CN2CCC(N(C)C)C2)CC1. The zero-order valence-corrected chi connectivity index (χ0v) is 13.6. The molecular weight excluding hydrogens is 250 g/mol. The molecule has 1 aliphatic heterocycles. The Labute approximate surface area is 124 Å². The number of likely N-dealkylation sites (tertiary alicyclic amines) is 1. The van der Waals surface area contributed by atoms with Crippen LogP contribution in [0.5, 0.6) is 0 Å². The molecule has 1 heterocycles. The summed E-state index contributed by atoms with van der Waals surface area (Å²) in [7, 11) is 6.34. The first-order valence-corrected chi connectivity index (χ1v) is 8.09. The van der Waals surface area contributed by atoms with E-state index in [2.05, 4.69) is 23.9 Å². The van der Waals surface area contributed by atoms with E-state index < -0.39 is 0 Å². The zero-order chi connectivity index (χ0) is 14.7. The predicted molar refractivity (Wildman–Crippen MR) is 82.7 cm³/mol. The van der Waals surface area contributed by atoms with Gasteiger partial charge in [0.25, 0.3) is 0 Å². The van der Waals surface area contributed by atoms with Crippen LogP contribution in [0.3, 0.4) is 0 Å². The number of hydrogen-bond donors (Lipinski definition) is 0. The number of hydrogen-bond acceptors (Lipinski definition) is 3. The third kappa shape index (κ3) is 3.95. The van der Waals surface area contributed by atoms with Crippen molar-refractivity contribution in [2.24, 2.45) is 5.92 Å². The second kappa shape index (κ2) is 6.90. The van der Waals surface area contributed by atoms with Gasteiger partial charge in [-0.3, -0.25) is 4.79 Å². The van der Waals surface area contributed by atoms with Gasteiger partial charge in [-0.15, -0.1) is 0 Å².